The summed E-state index contributed by atoms with van der Waals surface area (Å²) in [6.07, 6.45) is 0.979. The Morgan fingerprint density at radius 3 is 1.75 bits per heavy atom. The van der Waals surface area contributed by atoms with Crippen LogP contribution in [0.25, 0.3) is 82.1 Å². The molecule has 0 bridgehead atoms. The molecule has 9 aromatic carbocycles. The van der Waals surface area contributed by atoms with Gasteiger partial charge in [0.05, 0.1) is 11.0 Å². The zero-order chi connectivity index (χ0) is 33.5. The van der Waals surface area contributed by atoms with Crippen molar-refractivity contribution in [3.05, 3.63) is 199 Å². The van der Waals surface area contributed by atoms with E-state index in [9.17, 15) is 0 Å². The Morgan fingerprint density at radius 2 is 0.961 bits per heavy atom. The lowest BCUT2D eigenvalue weighted by Gasteiger charge is -2.29. The van der Waals surface area contributed by atoms with Gasteiger partial charge in [0, 0.05) is 22.4 Å². The van der Waals surface area contributed by atoms with Gasteiger partial charge in [-0.1, -0.05) is 140 Å². The quantitative estimate of drug-likeness (QED) is 0.168. The maximum atomic E-state index is 2.48. The fourth-order valence-corrected chi connectivity index (χ4v) is 9.01. The van der Waals surface area contributed by atoms with E-state index in [4.69, 9.17) is 0 Å². The van der Waals surface area contributed by atoms with E-state index in [1.54, 1.807) is 0 Å². The summed E-state index contributed by atoms with van der Waals surface area (Å²) in [4.78, 5) is 0. The first-order valence-corrected chi connectivity index (χ1v) is 17.9. The third-order valence-electron chi connectivity index (χ3n) is 11.4. The van der Waals surface area contributed by atoms with E-state index in [1.807, 2.05) is 0 Å². The minimum atomic E-state index is 0.287. The molecule has 1 unspecified atom stereocenters. The highest BCUT2D eigenvalue weighted by Gasteiger charge is 2.27. The highest BCUT2D eigenvalue weighted by molar-refractivity contribution is 6.25. The van der Waals surface area contributed by atoms with Gasteiger partial charge in [0.1, 0.15) is 0 Å². The van der Waals surface area contributed by atoms with Gasteiger partial charge in [0.2, 0.25) is 0 Å². The van der Waals surface area contributed by atoms with Crippen LogP contribution in [0.2, 0.25) is 0 Å². The van der Waals surface area contributed by atoms with Gasteiger partial charge in [-0.3, -0.25) is 0 Å². The number of nitrogens with zero attached hydrogens (tertiary/aromatic N) is 1. The molecular weight excluding hydrogens is 615 g/mol. The van der Waals surface area contributed by atoms with E-state index in [2.05, 4.69) is 187 Å². The highest BCUT2D eigenvalue weighted by atomic mass is 15.0. The van der Waals surface area contributed by atoms with Crippen molar-refractivity contribution in [1.29, 1.82) is 0 Å². The lowest BCUT2D eigenvalue weighted by atomic mass is 9.74. The molecule has 0 N–H and O–H groups in total. The summed E-state index contributed by atoms with van der Waals surface area (Å²) in [6.45, 7) is 0. The van der Waals surface area contributed by atoms with Crippen molar-refractivity contribution in [3.8, 4) is 27.9 Å². The van der Waals surface area contributed by atoms with Crippen LogP contribution >= 0.6 is 0 Å². The van der Waals surface area contributed by atoms with Crippen LogP contribution in [0.4, 0.5) is 0 Å². The van der Waals surface area contributed by atoms with Crippen molar-refractivity contribution in [2.45, 2.75) is 12.3 Å². The molecule has 0 saturated heterocycles. The topological polar surface area (TPSA) is 4.93 Å². The Kier molecular flexibility index (Phi) is 6.15. The summed E-state index contributed by atoms with van der Waals surface area (Å²) in [5.74, 6) is 0.287. The van der Waals surface area contributed by atoms with Gasteiger partial charge in [0.25, 0.3) is 0 Å². The molecule has 1 heteroatoms. The van der Waals surface area contributed by atoms with Crippen molar-refractivity contribution in [1.82, 2.24) is 4.57 Å². The van der Waals surface area contributed by atoms with Gasteiger partial charge < -0.3 is 4.57 Å². The molecule has 10 aromatic rings. The number of hydrogen-bond acceptors (Lipinski definition) is 0. The maximum Gasteiger partial charge on any atom is 0.0541 e. The predicted octanol–water partition coefficient (Wildman–Crippen LogP) is 13.3. The Morgan fingerprint density at radius 1 is 0.373 bits per heavy atom. The predicted molar refractivity (Wildman–Crippen MR) is 216 cm³/mol. The summed E-state index contributed by atoms with van der Waals surface area (Å²) >= 11 is 0. The minimum Gasteiger partial charge on any atom is -0.309 e. The molecule has 1 heterocycles. The van der Waals surface area contributed by atoms with E-state index in [0.29, 0.717) is 0 Å². The van der Waals surface area contributed by atoms with Gasteiger partial charge in [-0.15, -0.1) is 0 Å². The molecule has 0 aliphatic heterocycles. The molecule has 1 nitrogen and oxygen atoms in total. The second-order valence-electron chi connectivity index (χ2n) is 14.0. The van der Waals surface area contributed by atoms with E-state index in [0.717, 1.165) is 6.42 Å². The summed E-state index contributed by atoms with van der Waals surface area (Å²) < 4.78 is 2.38. The Hall–Kier alpha value is -6.44. The molecule has 0 amide bonds. The van der Waals surface area contributed by atoms with Crippen molar-refractivity contribution in [2.75, 3.05) is 0 Å². The molecule has 0 spiro atoms. The average molecular weight is 648 g/mol. The van der Waals surface area contributed by atoms with E-state index >= 15 is 0 Å². The molecule has 0 fully saturated rings. The second kappa shape index (κ2) is 11.0. The van der Waals surface area contributed by atoms with E-state index < -0.39 is 0 Å². The van der Waals surface area contributed by atoms with E-state index in [1.165, 1.54) is 98.8 Å². The van der Waals surface area contributed by atoms with Gasteiger partial charge >= 0.3 is 0 Å². The number of aromatic nitrogens is 1. The normalized spacial score (nSPS) is 14.0. The number of hydrogen-bond donors (Lipinski definition) is 0. The number of rotatable bonds is 3. The summed E-state index contributed by atoms with van der Waals surface area (Å²) in [6, 6.07) is 67.6. The van der Waals surface area contributed by atoms with Gasteiger partial charge in [0.15, 0.2) is 0 Å². The molecule has 238 valence electrons. The van der Waals surface area contributed by atoms with Crippen LogP contribution < -0.4 is 0 Å². The third kappa shape index (κ3) is 4.28. The zero-order valence-electron chi connectivity index (χ0n) is 28.1. The zero-order valence-corrected chi connectivity index (χ0v) is 28.1. The fraction of sp³-hybridized carbons (Fsp3) is 0.0400. The van der Waals surface area contributed by atoms with Crippen molar-refractivity contribution in [2.24, 2.45) is 0 Å². The van der Waals surface area contributed by atoms with Crippen LogP contribution in [-0.2, 0) is 6.42 Å². The van der Waals surface area contributed by atoms with Crippen LogP contribution in [0.3, 0.4) is 0 Å². The monoisotopic (exact) mass is 647 g/mol. The summed E-state index contributed by atoms with van der Waals surface area (Å²) in [7, 11) is 0. The smallest absolute Gasteiger partial charge is 0.0541 e. The highest BCUT2D eigenvalue weighted by Crippen LogP contribution is 2.46. The Balaban J connectivity index is 1.03. The fourth-order valence-electron chi connectivity index (χ4n) is 9.01. The molecule has 1 aromatic heterocycles. The first-order valence-electron chi connectivity index (χ1n) is 17.9. The van der Waals surface area contributed by atoms with Crippen molar-refractivity contribution >= 4 is 54.1 Å². The SMILES string of the molecule is c1ccc(-n2c3ccccc3c3cc(-c4ccc5c(c4)-c4ccccc4C(c4ccc6c7ccccc7c7ccccc7c6c4)C5)ccc32)cc1. The van der Waals surface area contributed by atoms with Crippen LogP contribution in [0.1, 0.15) is 22.6 Å². The van der Waals surface area contributed by atoms with Crippen LogP contribution in [-0.4, -0.2) is 4.57 Å². The van der Waals surface area contributed by atoms with Crippen LogP contribution in [0.5, 0.6) is 0 Å². The standard InChI is InChI=1S/C50H33N/c1-2-12-36(13-3-1)51-49-21-11-10-20-44(49)48-29-33(25-27-50(48)51)32-22-23-34-30-46(41-18-8-7-17-40(41)45(34)28-32)35-24-26-43-39-16-5-4-14-37(39)38-15-6-9-19-42(38)47(43)31-35/h1-29,31,46H,30H2. The second-order valence-corrected chi connectivity index (χ2v) is 14.0. The molecule has 1 aliphatic rings. The van der Waals surface area contributed by atoms with Crippen molar-refractivity contribution < 1.29 is 0 Å². The molecule has 1 atom stereocenters. The largest absolute Gasteiger partial charge is 0.309 e. The molecule has 11 rings (SSSR count). The van der Waals surface area contributed by atoms with Crippen LogP contribution in [0.15, 0.2) is 182 Å². The summed E-state index contributed by atoms with van der Waals surface area (Å²) in [5.41, 5.74) is 13.0. The average Bonchev–Trinajstić information content (AvgIpc) is 3.54. The third-order valence-corrected chi connectivity index (χ3v) is 11.4. The lowest BCUT2D eigenvalue weighted by Crippen LogP contribution is -2.12. The minimum absolute atomic E-state index is 0.287. The van der Waals surface area contributed by atoms with Gasteiger partial charge in [-0.25, -0.2) is 0 Å². The number of benzene rings is 9. The molecule has 0 radical (unpaired) electrons. The molecule has 1 aliphatic carbocycles. The number of para-hydroxylation sites is 2. The Labute approximate surface area is 296 Å². The van der Waals surface area contributed by atoms with Gasteiger partial charge in [-0.2, -0.15) is 0 Å². The Bertz CT molecular complexity index is 2960. The number of fused-ring (bicyclic) bond motifs is 12. The van der Waals surface area contributed by atoms with Crippen molar-refractivity contribution in [3.63, 3.8) is 0 Å². The molecule has 0 saturated carbocycles. The van der Waals surface area contributed by atoms with Crippen LogP contribution in [0, 0.1) is 0 Å². The summed E-state index contributed by atoms with van der Waals surface area (Å²) in [5, 5.41) is 10.5. The maximum absolute atomic E-state index is 2.48. The molecule has 51 heavy (non-hydrogen) atoms. The first kappa shape index (κ1) is 28.4. The first-order chi connectivity index (χ1) is 25.3. The molecular formula is C50H33N. The lowest BCUT2D eigenvalue weighted by molar-refractivity contribution is 0.795. The van der Waals surface area contributed by atoms with E-state index in [-0.39, 0.29) is 5.92 Å². The van der Waals surface area contributed by atoms with Gasteiger partial charge in [-0.05, 0) is 120 Å².